The maximum Gasteiger partial charge on any atom is 0.332 e. The minimum Gasteiger partial charge on any atom is -0.334 e. The van der Waals surface area contributed by atoms with E-state index in [4.69, 9.17) is 0 Å². The molecule has 2 aromatic carbocycles. The molecule has 1 heterocycles. The average Bonchev–Trinajstić information content (AvgIpc) is 2.59. The number of hydrogen-bond acceptors (Lipinski definition) is 6. The zero-order valence-corrected chi connectivity index (χ0v) is 17.2. The van der Waals surface area contributed by atoms with Crippen molar-refractivity contribution in [3.8, 4) is 0 Å². The molecule has 0 atom stereocenters. The number of nitrogens with zero attached hydrogens (tertiary/aromatic N) is 3. The molecule has 0 radical (unpaired) electrons. The number of rotatable bonds is 5. The summed E-state index contributed by atoms with van der Waals surface area (Å²) in [6.07, 6.45) is 0. The van der Waals surface area contributed by atoms with Crippen molar-refractivity contribution in [2.24, 2.45) is 0 Å². The van der Waals surface area contributed by atoms with Crippen LogP contribution in [0.15, 0.2) is 42.5 Å². The van der Waals surface area contributed by atoms with Gasteiger partial charge in [-0.1, -0.05) is 18.2 Å². The number of anilines is 4. The van der Waals surface area contributed by atoms with E-state index in [1.54, 1.807) is 6.92 Å². The number of nitrogens with one attached hydrogen (secondary N) is 2. The van der Waals surface area contributed by atoms with Gasteiger partial charge in [-0.25, -0.2) is 4.98 Å². The molecule has 0 aliphatic carbocycles. The van der Waals surface area contributed by atoms with E-state index in [2.05, 4.69) is 43.2 Å². The van der Waals surface area contributed by atoms with Crippen molar-refractivity contribution in [1.82, 2.24) is 9.97 Å². The van der Waals surface area contributed by atoms with Crippen LogP contribution in [0.25, 0.3) is 0 Å². The Bertz CT molecular complexity index is 1020. The molecule has 0 bridgehead atoms. The van der Waals surface area contributed by atoms with Gasteiger partial charge in [0.05, 0.1) is 4.92 Å². The van der Waals surface area contributed by atoms with Crippen molar-refractivity contribution in [3.05, 3.63) is 73.0 Å². The number of aromatic nitrogens is 2. The van der Waals surface area contributed by atoms with Crippen LogP contribution in [0, 0.1) is 34.5 Å². The highest BCUT2D eigenvalue weighted by Gasteiger charge is 2.23. The van der Waals surface area contributed by atoms with E-state index in [9.17, 15) is 10.1 Å². The Kier molecular flexibility index (Phi) is 5.54. The van der Waals surface area contributed by atoms with Gasteiger partial charge in [0.2, 0.25) is 11.8 Å². The highest BCUT2D eigenvalue weighted by Crippen LogP contribution is 2.31. The summed E-state index contributed by atoms with van der Waals surface area (Å²) in [5, 5.41) is 17.8. The Labute approximate surface area is 170 Å². The lowest BCUT2D eigenvalue weighted by molar-refractivity contribution is -0.385. The van der Waals surface area contributed by atoms with Gasteiger partial charge < -0.3 is 10.6 Å². The van der Waals surface area contributed by atoms with E-state index in [1.165, 1.54) is 0 Å². The van der Waals surface area contributed by atoms with E-state index < -0.39 is 4.92 Å². The number of para-hydroxylation sites is 1. The summed E-state index contributed by atoms with van der Waals surface area (Å²) < 4.78 is 1.12. The molecule has 8 heteroatoms. The molecule has 27 heavy (non-hydrogen) atoms. The first-order chi connectivity index (χ1) is 12.8. The number of aryl methyl sites for hydroxylation is 3. The summed E-state index contributed by atoms with van der Waals surface area (Å²) in [6.45, 7) is 5.51. The summed E-state index contributed by atoms with van der Waals surface area (Å²) in [6, 6.07) is 13.5. The Balaban J connectivity index is 2.03. The van der Waals surface area contributed by atoms with E-state index >= 15 is 0 Å². The molecule has 2 N–H and O–H groups in total. The van der Waals surface area contributed by atoms with Gasteiger partial charge in [0.1, 0.15) is 5.69 Å². The molecule has 7 nitrogen and oxygen atoms in total. The van der Waals surface area contributed by atoms with Crippen LogP contribution >= 0.6 is 22.6 Å². The first-order valence-electron chi connectivity index (χ1n) is 8.24. The topological polar surface area (TPSA) is 93.0 Å². The fourth-order valence-electron chi connectivity index (χ4n) is 2.66. The Morgan fingerprint density at radius 1 is 0.963 bits per heavy atom. The van der Waals surface area contributed by atoms with Gasteiger partial charge >= 0.3 is 5.69 Å². The second-order valence-electron chi connectivity index (χ2n) is 6.11. The van der Waals surface area contributed by atoms with Crippen molar-refractivity contribution in [2.75, 3.05) is 10.6 Å². The maximum atomic E-state index is 11.5. The molecular weight excluding hydrogens is 457 g/mol. The normalized spacial score (nSPS) is 10.5. The second kappa shape index (κ2) is 7.87. The molecule has 3 rings (SSSR count). The number of nitro groups is 1. The summed E-state index contributed by atoms with van der Waals surface area (Å²) in [4.78, 5) is 19.7. The largest absolute Gasteiger partial charge is 0.334 e. The Hall–Kier alpha value is -2.75. The van der Waals surface area contributed by atoms with E-state index in [-0.39, 0.29) is 17.2 Å². The zero-order valence-electron chi connectivity index (χ0n) is 15.1. The second-order valence-corrected chi connectivity index (χ2v) is 7.36. The smallest absolute Gasteiger partial charge is 0.332 e. The molecule has 0 fully saturated rings. The summed E-state index contributed by atoms with van der Waals surface area (Å²) in [5.41, 5.74) is 3.77. The van der Waals surface area contributed by atoms with Gasteiger partial charge in [-0.15, -0.1) is 0 Å². The molecule has 0 aliphatic heterocycles. The molecule has 138 valence electrons. The summed E-state index contributed by atoms with van der Waals surface area (Å²) >= 11 is 2.25. The van der Waals surface area contributed by atoms with Gasteiger partial charge in [-0.05, 0) is 78.8 Å². The molecule has 0 spiro atoms. The lowest BCUT2D eigenvalue weighted by Gasteiger charge is -2.13. The lowest BCUT2D eigenvalue weighted by atomic mass is 10.2. The van der Waals surface area contributed by atoms with Crippen LogP contribution in [0.2, 0.25) is 0 Å². The number of hydrogen-bond donors (Lipinski definition) is 2. The average molecular weight is 475 g/mol. The highest BCUT2D eigenvalue weighted by molar-refractivity contribution is 14.1. The minimum absolute atomic E-state index is 0.136. The first kappa shape index (κ1) is 19.0. The van der Waals surface area contributed by atoms with Gasteiger partial charge in [0, 0.05) is 14.9 Å². The van der Waals surface area contributed by atoms with Crippen molar-refractivity contribution < 1.29 is 4.92 Å². The van der Waals surface area contributed by atoms with Crippen LogP contribution in [0.5, 0.6) is 0 Å². The third-order valence-electron chi connectivity index (χ3n) is 4.07. The first-order valence-corrected chi connectivity index (χ1v) is 9.32. The van der Waals surface area contributed by atoms with Crippen molar-refractivity contribution in [3.63, 3.8) is 0 Å². The highest BCUT2D eigenvalue weighted by atomic mass is 127. The van der Waals surface area contributed by atoms with Crippen LogP contribution in [0.3, 0.4) is 0 Å². The predicted molar refractivity (Wildman–Crippen MR) is 115 cm³/mol. The van der Waals surface area contributed by atoms with E-state index in [1.807, 2.05) is 56.3 Å². The van der Waals surface area contributed by atoms with Crippen LogP contribution in [-0.2, 0) is 0 Å². The van der Waals surface area contributed by atoms with Crippen LogP contribution in [0.4, 0.5) is 28.8 Å². The Morgan fingerprint density at radius 3 is 2.33 bits per heavy atom. The van der Waals surface area contributed by atoms with Crippen LogP contribution in [0.1, 0.15) is 16.8 Å². The molecule has 0 amide bonds. The third kappa shape index (κ3) is 4.33. The van der Waals surface area contributed by atoms with E-state index in [0.29, 0.717) is 5.95 Å². The quantitative estimate of drug-likeness (QED) is 0.292. The van der Waals surface area contributed by atoms with Crippen molar-refractivity contribution in [1.29, 1.82) is 0 Å². The van der Waals surface area contributed by atoms with Crippen molar-refractivity contribution >= 4 is 51.4 Å². The fourth-order valence-corrected chi connectivity index (χ4v) is 3.30. The standard InChI is InChI=1S/C19H18IN5O2/c1-11-6-4-5-7-15(11)22-18-17(25(26)27)13(3)21-19(24-18)23-16-9-8-14(20)10-12(16)2/h4-10H,1-3H3,(H2,21,22,23,24). The lowest BCUT2D eigenvalue weighted by Crippen LogP contribution is -2.08. The third-order valence-corrected chi connectivity index (χ3v) is 4.74. The predicted octanol–water partition coefficient (Wildman–Crippen LogP) is 5.40. The van der Waals surface area contributed by atoms with Gasteiger partial charge in [-0.3, -0.25) is 10.1 Å². The molecule has 3 aromatic rings. The monoisotopic (exact) mass is 475 g/mol. The van der Waals surface area contributed by atoms with Crippen LogP contribution in [-0.4, -0.2) is 14.9 Å². The molecule has 1 aromatic heterocycles. The Morgan fingerprint density at radius 2 is 1.67 bits per heavy atom. The van der Waals surface area contributed by atoms with Gasteiger partial charge in [-0.2, -0.15) is 4.98 Å². The number of halogens is 1. The van der Waals surface area contributed by atoms with Crippen molar-refractivity contribution in [2.45, 2.75) is 20.8 Å². The van der Waals surface area contributed by atoms with Crippen LogP contribution < -0.4 is 10.6 Å². The molecule has 0 aliphatic rings. The molecule has 0 unspecified atom stereocenters. The number of benzene rings is 2. The van der Waals surface area contributed by atoms with Gasteiger partial charge in [0.15, 0.2) is 0 Å². The minimum atomic E-state index is -0.462. The maximum absolute atomic E-state index is 11.5. The van der Waals surface area contributed by atoms with Gasteiger partial charge in [0.25, 0.3) is 0 Å². The van der Waals surface area contributed by atoms with E-state index in [0.717, 1.165) is 26.1 Å². The molecular formula is C19H18IN5O2. The molecule has 0 saturated carbocycles. The zero-order chi connectivity index (χ0) is 19.6. The summed E-state index contributed by atoms with van der Waals surface area (Å²) in [7, 11) is 0. The SMILES string of the molecule is Cc1cc(I)ccc1Nc1nc(C)c([N+](=O)[O-])c(Nc2ccccc2C)n1. The fraction of sp³-hybridized carbons (Fsp3) is 0.158. The summed E-state index contributed by atoms with van der Waals surface area (Å²) in [5.74, 6) is 0.464. The molecule has 0 saturated heterocycles.